The number of benzene rings is 1. The zero-order valence-corrected chi connectivity index (χ0v) is 16.7. The first-order valence-corrected chi connectivity index (χ1v) is 11.6. The standard InChI is InChI=1S/C19H21N3O3S2/c1-27(24,25)22(11-13-7-3-2-4-8-13)12-16-20-18(23)17-14-9-5-6-10-15(14)26-19(17)21-16/h2-4,7-8H,5-6,9-12H2,1H3,(H,20,21,23). The third-order valence-corrected chi connectivity index (χ3v) is 7.25. The number of fused-ring (bicyclic) bond motifs is 3. The van der Waals surface area contributed by atoms with Crippen molar-refractivity contribution in [2.75, 3.05) is 6.26 Å². The topological polar surface area (TPSA) is 83.1 Å². The van der Waals surface area contributed by atoms with Crippen LogP contribution in [-0.4, -0.2) is 28.9 Å². The van der Waals surface area contributed by atoms with Crippen molar-refractivity contribution in [2.45, 2.75) is 38.8 Å². The third-order valence-electron chi connectivity index (χ3n) is 4.87. The van der Waals surface area contributed by atoms with E-state index in [1.165, 1.54) is 15.4 Å². The van der Waals surface area contributed by atoms with E-state index in [0.717, 1.165) is 36.8 Å². The lowest BCUT2D eigenvalue weighted by atomic mass is 9.97. The highest BCUT2D eigenvalue weighted by atomic mass is 32.2. The molecule has 8 heteroatoms. The van der Waals surface area contributed by atoms with Crippen LogP contribution in [0.3, 0.4) is 0 Å². The van der Waals surface area contributed by atoms with Crippen LogP contribution in [-0.2, 0) is 36.0 Å². The van der Waals surface area contributed by atoms with Gasteiger partial charge in [-0.1, -0.05) is 30.3 Å². The Bertz CT molecular complexity index is 1130. The molecule has 0 saturated heterocycles. The maximum Gasteiger partial charge on any atom is 0.259 e. The summed E-state index contributed by atoms with van der Waals surface area (Å²) in [7, 11) is -3.46. The van der Waals surface area contributed by atoms with E-state index >= 15 is 0 Å². The van der Waals surface area contributed by atoms with Crippen molar-refractivity contribution in [3.63, 3.8) is 0 Å². The number of rotatable bonds is 5. The maximum atomic E-state index is 12.7. The predicted molar refractivity (Wildman–Crippen MR) is 107 cm³/mol. The van der Waals surface area contributed by atoms with E-state index in [-0.39, 0.29) is 18.6 Å². The number of aromatic nitrogens is 2. The lowest BCUT2D eigenvalue weighted by Gasteiger charge is -2.19. The van der Waals surface area contributed by atoms with Gasteiger partial charge in [0.1, 0.15) is 10.7 Å². The molecule has 1 aromatic carbocycles. The van der Waals surface area contributed by atoms with Gasteiger partial charge in [0, 0.05) is 11.4 Å². The van der Waals surface area contributed by atoms with E-state index < -0.39 is 10.0 Å². The monoisotopic (exact) mass is 403 g/mol. The molecule has 0 unspecified atom stereocenters. The van der Waals surface area contributed by atoms with Gasteiger partial charge in [-0.15, -0.1) is 11.3 Å². The van der Waals surface area contributed by atoms with Crippen LogP contribution in [0.5, 0.6) is 0 Å². The molecule has 142 valence electrons. The van der Waals surface area contributed by atoms with E-state index in [4.69, 9.17) is 0 Å². The van der Waals surface area contributed by atoms with E-state index in [0.29, 0.717) is 16.0 Å². The minimum Gasteiger partial charge on any atom is -0.309 e. The minimum absolute atomic E-state index is 0.0431. The summed E-state index contributed by atoms with van der Waals surface area (Å²) < 4.78 is 25.8. The van der Waals surface area contributed by atoms with Crippen molar-refractivity contribution >= 4 is 31.6 Å². The van der Waals surface area contributed by atoms with Gasteiger partial charge < -0.3 is 4.98 Å². The first-order valence-electron chi connectivity index (χ1n) is 8.94. The molecule has 1 aliphatic rings. The maximum absolute atomic E-state index is 12.7. The molecule has 3 aromatic rings. The van der Waals surface area contributed by atoms with Crippen LogP contribution in [0.4, 0.5) is 0 Å². The summed E-state index contributed by atoms with van der Waals surface area (Å²) in [6.45, 7) is 0.282. The van der Waals surface area contributed by atoms with Gasteiger partial charge in [-0.3, -0.25) is 4.79 Å². The second-order valence-electron chi connectivity index (χ2n) is 6.92. The minimum atomic E-state index is -3.46. The van der Waals surface area contributed by atoms with Gasteiger partial charge in [-0.2, -0.15) is 4.31 Å². The number of aromatic amines is 1. The quantitative estimate of drug-likeness (QED) is 0.710. The number of nitrogens with zero attached hydrogens (tertiary/aromatic N) is 2. The average Bonchev–Trinajstić information content (AvgIpc) is 3.00. The van der Waals surface area contributed by atoms with Crippen LogP contribution in [0.2, 0.25) is 0 Å². The first-order chi connectivity index (χ1) is 12.9. The molecule has 0 saturated carbocycles. The summed E-state index contributed by atoms with van der Waals surface area (Å²) in [6.07, 6.45) is 5.33. The van der Waals surface area contributed by atoms with Crippen molar-refractivity contribution in [1.82, 2.24) is 14.3 Å². The van der Waals surface area contributed by atoms with Crippen LogP contribution in [0.15, 0.2) is 35.1 Å². The molecule has 6 nitrogen and oxygen atoms in total. The predicted octanol–water partition coefficient (Wildman–Crippen LogP) is 2.83. The fourth-order valence-electron chi connectivity index (χ4n) is 3.53. The Morgan fingerprint density at radius 3 is 2.63 bits per heavy atom. The molecule has 0 radical (unpaired) electrons. The highest BCUT2D eigenvalue weighted by Crippen LogP contribution is 2.33. The highest BCUT2D eigenvalue weighted by Gasteiger charge is 2.22. The van der Waals surface area contributed by atoms with Gasteiger partial charge in [0.15, 0.2) is 0 Å². The van der Waals surface area contributed by atoms with Gasteiger partial charge in [0.05, 0.1) is 18.2 Å². The molecule has 0 atom stereocenters. The van der Waals surface area contributed by atoms with E-state index in [2.05, 4.69) is 9.97 Å². The molecule has 2 aromatic heterocycles. The molecule has 27 heavy (non-hydrogen) atoms. The summed E-state index contributed by atoms with van der Waals surface area (Å²) in [5, 5.41) is 0.687. The number of hydrogen-bond donors (Lipinski definition) is 1. The zero-order valence-electron chi connectivity index (χ0n) is 15.1. The lowest BCUT2D eigenvalue weighted by Crippen LogP contribution is -2.30. The van der Waals surface area contributed by atoms with Crippen LogP contribution >= 0.6 is 11.3 Å². The van der Waals surface area contributed by atoms with Crippen LogP contribution in [0.25, 0.3) is 10.2 Å². The van der Waals surface area contributed by atoms with Crippen LogP contribution in [0.1, 0.15) is 34.7 Å². The van der Waals surface area contributed by atoms with Gasteiger partial charge in [-0.25, -0.2) is 13.4 Å². The summed E-state index contributed by atoms with van der Waals surface area (Å²) in [6, 6.07) is 9.39. The number of aryl methyl sites for hydroxylation is 2. The number of sulfonamides is 1. The van der Waals surface area contributed by atoms with Crippen molar-refractivity contribution in [2.24, 2.45) is 0 Å². The summed E-state index contributed by atoms with van der Waals surface area (Å²) in [5.41, 5.74) is 1.85. The van der Waals surface area contributed by atoms with Gasteiger partial charge >= 0.3 is 0 Å². The van der Waals surface area contributed by atoms with E-state index in [1.807, 2.05) is 30.3 Å². The van der Waals surface area contributed by atoms with Gasteiger partial charge in [0.2, 0.25) is 10.0 Å². The molecule has 0 spiro atoms. The largest absolute Gasteiger partial charge is 0.309 e. The molecule has 1 aliphatic carbocycles. The zero-order chi connectivity index (χ0) is 19.0. The molecule has 1 N–H and O–H groups in total. The van der Waals surface area contributed by atoms with Crippen LogP contribution < -0.4 is 5.56 Å². The molecular formula is C19H21N3O3S2. The Balaban J connectivity index is 1.69. The first kappa shape index (κ1) is 18.3. The highest BCUT2D eigenvalue weighted by molar-refractivity contribution is 7.88. The SMILES string of the molecule is CS(=O)(=O)N(Cc1ccccc1)Cc1nc2sc3c(c2c(=O)[nH]1)CCCC3. The Morgan fingerprint density at radius 1 is 1.15 bits per heavy atom. The second-order valence-corrected chi connectivity index (χ2v) is 9.99. The van der Waals surface area contributed by atoms with Gasteiger partial charge in [0.25, 0.3) is 5.56 Å². The number of nitrogens with one attached hydrogen (secondary N) is 1. The van der Waals surface area contributed by atoms with E-state index in [1.54, 1.807) is 11.3 Å². The molecule has 2 heterocycles. The molecule has 0 aliphatic heterocycles. The van der Waals surface area contributed by atoms with Gasteiger partial charge in [-0.05, 0) is 36.8 Å². The van der Waals surface area contributed by atoms with Crippen molar-refractivity contribution in [3.8, 4) is 0 Å². The Hall–Kier alpha value is -2.03. The van der Waals surface area contributed by atoms with Crippen molar-refractivity contribution in [1.29, 1.82) is 0 Å². The number of hydrogen-bond acceptors (Lipinski definition) is 5. The summed E-state index contributed by atoms with van der Waals surface area (Å²) in [4.78, 5) is 22.0. The molecule has 0 bridgehead atoms. The molecule has 4 rings (SSSR count). The smallest absolute Gasteiger partial charge is 0.259 e. The normalized spacial score (nSPS) is 14.6. The number of H-pyrrole nitrogens is 1. The number of thiophene rings is 1. The summed E-state index contributed by atoms with van der Waals surface area (Å²) in [5.74, 6) is 0.382. The van der Waals surface area contributed by atoms with E-state index in [9.17, 15) is 13.2 Å². The Morgan fingerprint density at radius 2 is 1.89 bits per heavy atom. The third kappa shape index (κ3) is 3.83. The molecule has 0 amide bonds. The summed E-state index contributed by atoms with van der Waals surface area (Å²) >= 11 is 1.57. The van der Waals surface area contributed by atoms with Crippen molar-refractivity contribution < 1.29 is 8.42 Å². The van der Waals surface area contributed by atoms with Crippen molar-refractivity contribution in [3.05, 3.63) is 62.5 Å². The lowest BCUT2D eigenvalue weighted by molar-refractivity contribution is 0.396. The Kier molecular flexibility index (Phi) is 4.88. The Labute approximate surface area is 161 Å². The fourth-order valence-corrected chi connectivity index (χ4v) is 5.55. The molecule has 0 fully saturated rings. The average molecular weight is 404 g/mol. The second kappa shape index (κ2) is 7.18. The van der Waals surface area contributed by atoms with Crippen LogP contribution in [0, 0.1) is 0 Å². The molecular weight excluding hydrogens is 382 g/mol. The fraction of sp³-hybridized carbons (Fsp3) is 0.368.